The number of phenolic OH excluding ortho intramolecular Hbond substituents is 1. The van der Waals surface area contributed by atoms with Crippen LogP contribution in [0.2, 0.25) is 0 Å². The molecule has 9 unspecified atom stereocenters. The quantitative estimate of drug-likeness (QED) is 0.251. The number of halogens is 2. The molecule has 0 aromatic heterocycles. The number of Topliss-reactive ketones (excluding diaryl/α,β-unsaturated/α-hetero) is 1. The van der Waals surface area contributed by atoms with Crippen LogP contribution in [0.15, 0.2) is 77.2 Å². The molecule has 5 aliphatic rings. The van der Waals surface area contributed by atoms with Crippen LogP contribution in [0.25, 0.3) is 0 Å². The van der Waals surface area contributed by atoms with E-state index in [2.05, 4.69) is 29.2 Å². The van der Waals surface area contributed by atoms with Gasteiger partial charge in [0.1, 0.15) is 11.9 Å². The predicted octanol–water partition coefficient (Wildman–Crippen LogP) is 6.16. The smallest absolute Gasteiger partial charge is 0.303 e. The number of allylic oxidation sites excluding steroid dienone is 4. The molecule has 0 spiro atoms. The van der Waals surface area contributed by atoms with E-state index in [1.54, 1.807) is 30.8 Å². The zero-order valence-corrected chi connectivity index (χ0v) is 28.8. The van der Waals surface area contributed by atoms with Crippen molar-refractivity contribution in [2.45, 2.75) is 75.2 Å². The number of nitrogens with zero attached hydrogens (tertiary/aromatic N) is 1. The number of alkyl halides is 2. The second-order valence-corrected chi connectivity index (χ2v) is 16.3. The number of esters is 1. The van der Waals surface area contributed by atoms with E-state index < -0.39 is 58.6 Å². The second-order valence-electron chi connectivity index (χ2n) is 15.2. The minimum atomic E-state index is -2.22. The number of fused-ring (bicyclic) bond motifs is 7. The molecular weight excluding hydrogens is 648 g/mol. The molecule has 7 rings (SSSR count). The number of ether oxygens (including phenoxy) is 1. The molecule has 1 saturated heterocycles. The van der Waals surface area contributed by atoms with Crippen molar-refractivity contribution in [3.8, 4) is 5.75 Å². The summed E-state index contributed by atoms with van der Waals surface area (Å²) in [5, 5.41) is 21.4. The lowest BCUT2D eigenvalue weighted by molar-refractivity contribution is -0.212. The molecule has 4 aliphatic carbocycles. The molecule has 10 heteroatoms. The normalized spacial score (nSPS) is 37.9. The number of aliphatic hydroxyl groups is 1. The van der Waals surface area contributed by atoms with Gasteiger partial charge in [0.05, 0.1) is 11.5 Å². The molecule has 49 heavy (non-hydrogen) atoms. The Bertz CT molecular complexity index is 1730. The number of likely N-dealkylation sites (tertiary alicyclic amines) is 1. The van der Waals surface area contributed by atoms with E-state index in [1.807, 2.05) is 19.1 Å². The number of hydrogen-bond acceptors (Lipinski definition) is 8. The number of hydrogen-bond donors (Lipinski definition) is 2. The van der Waals surface area contributed by atoms with E-state index >= 15 is 8.78 Å². The highest BCUT2D eigenvalue weighted by molar-refractivity contribution is 7.98. The van der Waals surface area contributed by atoms with E-state index in [1.165, 1.54) is 25.2 Å². The Morgan fingerprint density at radius 1 is 1.04 bits per heavy atom. The third kappa shape index (κ3) is 5.23. The Morgan fingerprint density at radius 2 is 1.73 bits per heavy atom. The SMILES string of the molecule is CC(=O)OCC(=O)C12CN(Cc3ccc(CSc4ccc(O)cc4)cc3)CC1CC1C3CC(F)C4=CC(=O)C=CC4(C)C3(F)C(O)CC12C. The fourth-order valence-electron chi connectivity index (χ4n) is 10.5. The van der Waals surface area contributed by atoms with Crippen molar-refractivity contribution in [2.75, 3.05) is 19.7 Å². The van der Waals surface area contributed by atoms with Crippen molar-refractivity contribution in [2.24, 2.45) is 34.0 Å². The lowest BCUT2D eigenvalue weighted by atomic mass is 9.43. The minimum absolute atomic E-state index is 0.00414. The first kappa shape index (κ1) is 34.1. The van der Waals surface area contributed by atoms with Crippen LogP contribution in [0.1, 0.15) is 51.2 Å². The summed E-state index contributed by atoms with van der Waals surface area (Å²) in [6, 6.07) is 15.4. The molecule has 2 aromatic carbocycles. The van der Waals surface area contributed by atoms with Gasteiger partial charge in [0.15, 0.2) is 23.8 Å². The predicted molar refractivity (Wildman–Crippen MR) is 181 cm³/mol. The number of rotatable bonds is 8. The van der Waals surface area contributed by atoms with Gasteiger partial charge in [0.2, 0.25) is 0 Å². The van der Waals surface area contributed by atoms with Gasteiger partial charge in [-0.05, 0) is 96.6 Å². The van der Waals surface area contributed by atoms with Crippen LogP contribution in [0.3, 0.4) is 0 Å². The summed E-state index contributed by atoms with van der Waals surface area (Å²) in [6.45, 7) is 5.90. The number of thioether (sulfide) groups is 1. The first-order valence-electron chi connectivity index (χ1n) is 17.1. The highest BCUT2D eigenvalue weighted by atomic mass is 32.2. The monoisotopic (exact) mass is 691 g/mol. The Balaban J connectivity index is 1.15. The number of carbonyl (C=O) groups excluding carboxylic acids is 3. The molecule has 7 nitrogen and oxygen atoms in total. The molecule has 9 atom stereocenters. The molecule has 2 N–H and O–H groups in total. The lowest BCUT2D eigenvalue weighted by Crippen LogP contribution is -2.69. The van der Waals surface area contributed by atoms with Crippen molar-refractivity contribution in [1.82, 2.24) is 4.90 Å². The Morgan fingerprint density at radius 3 is 2.43 bits per heavy atom. The van der Waals surface area contributed by atoms with E-state index in [0.29, 0.717) is 26.1 Å². The van der Waals surface area contributed by atoms with Gasteiger partial charge in [-0.1, -0.05) is 37.3 Å². The van der Waals surface area contributed by atoms with Gasteiger partial charge < -0.3 is 14.9 Å². The topological polar surface area (TPSA) is 104 Å². The lowest BCUT2D eigenvalue weighted by Gasteiger charge is -2.63. The molecule has 260 valence electrons. The first-order valence-corrected chi connectivity index (χ1v) is 18.0. The zero-order chi connectivity index (χ0) is 34.9. The molecule has 4 fully saturated rings. The number of aliphatic hydroxyl groups excluding tert-OH is 1. The number of aromatic hydroxyl groups is 1. The summed E-state index contributed by atoms with van der Waals surface area (Å²) >= 11 is 1.68. The molecule has 0 amide bonds. The molecule has 0 radical (unpaired) electrons. The Kier molecular flexibility index (Phi) is 8.47. The number of carbonyl (C=O) groups is 3. The summed E-state index contributed by atoms with van der Waals surface area (Å²) < 4.78 is 39.0. The van der Waals surface area contributed by atoms with Crippen LogP contribution in [0.4, 0.5) is 8.78 Å². The summed E-state index contributed by atoms with van der Waals surface area (Å²) in [4.78, 5) is 41.7. The minimum Gasteiger partial charge on any atom is -0.508 e. The third-order valence-electron chi connectivity index (χ3n) is 12.8. The number of benzene rings is 2. The van der Waals surface area contributed by atoms with Gasteiger partial charge in [-0.25, -0.2) is 8.78 Å². The molecule has 2 aromatic rings. The van der Waals surface area contributed by atoms with Crippen LogP contribution < -0.4 is 0 Å². The fourth-order valence-corrected chi connectivity index (χ4v) is 11.4. The average molecular weight is 692 g/mol. The van der Waals surface area contributed by atoms with Crippen LogP contribution in [0, 0.1) is 34.0 Å². The summed E-state index contributed by atoms with van der Waals surface area (Å²) in [6.07, 6.45) is 1.16. The average Bonchev–Trinajstić information content (AvgIpc) is 3.54. The maximum atomic E-state index is 17.8. The van der Waals surface area contributed by atoms with E-state index in [4.69, 9.17) is 4.74 Å². The molecule has 1 heterocycles. The Hall–Kier alpha value is -3.34. The van der Waals surface area contributed by atoms with Gasteiger partial charge in [-0.3, -0.25) is 19.3 Å². The van der Waals surface area contributed by atoms with E-state index in [0.717, 1.165) is 21.8 Å². The number of phenols is 1. The van der Waals surface area contributed by atoms with Crippen LogP contribution in [0.5, 0.6) is 5.75 Å². The maximum Gasteiger partial charge on any atom is 0.303 e. The second kappa shape index (κ2) is 12.2. The molecule has 3 saturated carbocycles. The van der Waals surface area contributed by atoms with Crippen molar-refractivity contribution >= 4 is 29.3 Å². The molecule has 1 aliphatic heterocycles. The van der Waals surface area contributed by atoms with Crippen LogP contribution in [-0.4, -0.2) is 70.3 Å². The number of ketones is 2. The van der Waals surface area contributed by atoms with Crippen molar-refractivity contribution in [1.29, 1.82) is 0 Å². The highest BCUT2D eigenvalue weighted by Gasteiger charge is 2.78. The standard InChI is InChI=1S/C39H43F2NO6S/c1-23(43)48-20-35(47)38-22-42(18-24-4-6-25(7-5-24)21-49-29-10-8-27(44)9-11-29)19-26(38)14-30-31-16-33(40)32-15-28(45)12-13-36(32,2)39(31,41)34(46)17-37(30,38)3/h4-13,15,26,30-31,33-34,44,46H,14,16-22H2,1-3H3. The van der Waals surface area contributed by atoms with Crippen molar-refractivity contribution < 1.29 is 38.1 Å². The van der Waals surface area contributed by atoms with Crippen LogP contribution >= 0.6 is 11.8 Å². The zero-order valence-electron chi connectivity index (χ0n) is 28.0. The van der Waals surface area contributed by atoms with Gasteiger partial charge in [-0.15, -0.1) is 11.8 Å². The van der Waals surface area contributed by atoms with Gasteiger partial charge >= 0.3 is 5.97 Å². The fraction of sp³-hybridized carbons (Fsp3) is 0.513. The maximum absolute atomic E-state index is 17.8. The molecule has 0 bridgehead atoms. The van der Waals surface area contributed by atoms with E-state index in [9.17, 15) is 24.6 Å². The van der Waals surface area contributed by atoms with E-state index in [-0.39, 0.29) is 41.6 Å². The largest absolute Gasteiger partial charge is 0.508 e. The van der Waals surface area contributed by atoms with Gasteiger partial charge in [0.25, 0.3) is 0 Å². The van der Waals surface area contributed by atoms with Gasteiger partial charge in [0, 0.05) is 48.5 Å². The summed E-state index contributed by atoms with van der Waals surface area (Å²) in [7, 11) is 0. The highest BCUT2D eigenvalue weighted by Crippen LogP contribution is 2.74. The first-order chi connectivity index (χ1) is 23.2. The molecular formula is C39H43F2NO6S. The summed E-state index contributed by atoms with van der Waals surface area (Å²) in [5.41, 5.74) is -3.32. The third-order valence-corrected chi connectivity index (χ3v) is 13.9. The van der Waals surface area contributed by atoms with Crippen molar-refractivity contribution in [3.05, 3.63) is 83.5 Å². The summed E-state index contributed by atoms with van der Waals surface area (Å²) in [5.74, 6) is -1.66. The van der Waals surface area contributed by atoms with Crippen LogP contribution in [-0.2, 0) is 31.4 Å². The van der Waals surface area contributed by atoms with Gasteiger partial charge in [-0.2, -0.15) is 0 Å². The Labute approximate surface area is 289 Å². The van der Waals surface area contributed by atoms with Crippen molar-refractivity contribution in [3.63, 3.8) is 0 Å².